The molecule has 6 nitrogen and oxygen atoms in total. The van der Waals surface area contributed by atoms with E-state index in [1.54, 1.807) is 13.8 Å². The van der Waals surface area contributed by atoms with Gasteiger partial charge in [-0.2, -0.15) is 0 Å². The fourth-order valence-corrected chi connectivity index (χ4v) is 3.70. The monoisotopic (exact) mass is 295 g/mol. The molecule has 3 rings (SSSR count). The molecule has 3 fully saturated rings. The minimum atomic E-state index is -0.768. The van der Waals surface area contributed by atoms with Gasteiger partial charge in [0, 0.05) is 25.7 Å². The van der Waals surface area contributed by atoms with E-state index in [0.717, 1.165) is 32.5 Å². The number of morpholine rings is 1. The molecule has 1 aliphatic carbocycles. The summed E-state index contributed by atoms with van der Waals surface area (Å²) in [5.74, 6) is -0.124. The molecule has 2 saturated heterocycles. The van der Waals surface area contributed by atoms with E-state index in [1.807, 2.05) is 0 Å². The molecule has 21 heavy (non-hydrogen) atoms. The van der Waals surface area contributed by atoms with Gasteiger partial charge in [-0.15, -0.1) is 0 Å². The summed E-state index contributed by atoms with van der Waals surface area (Å²) in [6.45, 7) is 6.37. The molecule has 1 saturated carbocycles. The Kier molecular flexibility index (Phi) is 3.92. The molecule has 0 spiro atoms. The van der Waals surface area contributed by atoms with Crippen molar-refractivity contribution < 1.29 is 14.3 Å². The summed E-state index contributed by atoms with van der Waals surface area (Å²) in [5, 5.41) is 2.73. The lowest BCUT2D eigenvalue weighted by Crippen LogP contribution is -2.54. The van der Waals surface area contributed by atoms with Crippen molar-refractivity contribution in [2.24, 2.45) is 0 Å². The molecule has 0 aromatic heterocycles. The number of fused-ring (bicyclic) bond motifs is 1. The lowest BCUT2D eigenvalue weighted by Gasteiger charge is -2.44. The fraction of sp³-hybridized carbons (Fsp3) is 0.867. The molecular weight excluding hydrogens is 270 g/mol. The predicted molar refractivity (Wildman–Crippen MR) is 77.9 cm³/mol. The Hall–Kier alpha value is -1.14. The van der Waals surface area contributed by atoms with E-state index in [2.05, 4.69) is 10.2 Å². The SMILES string of the molecule is CC1(C)NC(=O)N(CCN2CCO[C@H]3CCCC[C@H]32)C1=O. The van der Waals surface area contributed by atoms with Crippen molar-refractivity contribution in [3.8, 4) is 0 Å². The Labute approximate surface area is 125 Å². The van der Waals surface area contributed by atoms with Crippen molar-refractivity contribution in [3.63, 3.8) is 0 Å². The highest BCUT2D eigenvalue weighted by Gasteiger charge is 2.44. The summed E-state index contributed by atoms with van der Waals surface area (Å²) in [6, 6.07) is 0.194. The molecule has 0 aromatic rings. The van der Waals surface area contributed by atoms with Crippen LogP contribution in [0.1, 0.15) is 39.5 Å². The molecular formula is C15H25N3O3. The second kappa shape index (κ2) is 5.57. The molecule has 0 aromatic carbocycles. The molecule has 3 amide bonds. The molecule has 1 N–H and O–H groups in total. The van der Waals surface area contributed by atoms with Gasteiger partial charge in [0.2, 0.25) is 0 Å². The standard InChI is InChI=1S/C15H25N3O3/c1-15(2)13(19)18(14(20)16-15)8-7-17-9-10-21-12-6-4-3-5-11(12)17/h11-12H,3-10H2,1-2H3,(H,16,20)/t11-,12+/m1/s1. The van der Waals surface area contributed by atoms with Gasteiger partial charge in [0.15, 0.2) is 0 Å². The van der Waals surface area contributed by atoms with Gasteiger partial charge < -0.3 is 10.1 Å². The van der Waals surface area contributed by atoms with Crippen LogP contribution in [0.2, 0.25) is 0 Å². The average molecular weight is 295 g/mol. The zero-order chi connectivity index (χ0) is 15.0. The number of amides is 3. The lowest BCUT2D eigenvalue weighted by molar-refractivity contribution is -0.131. The van der Waals surface area contributed by atoms with Crippen LogP contribution < -0.4 is 5.32 Å². The number of ether oxygens (including phenoxy) is 1. The summed E-state index contributed by atoms with van der Waals surface area (Å²) in [7, 11) is 0. The first-order valence-corrected chi connectivity index (χ1v) is 7.99. The number of urea groups is 1. The first kappa shape index (κ1) is 14.8. The van der Waals surface area contributed by atoms with Crippen LogP contribution in [-0.4, -0.2) is 65.7 Å². The van der Waals surface area contributed by atoms with Gasteiger partial charge >= 0.3 is 6.03 Å². The van der Waals surface area contributed by atoms with Crippen LogP contribution >= 0.6 is 0 Å². The fourth-order valence-electron chi connectivity index (χ4n) is 3.70. The Morgan fingerprint density at radius 2 is 2.00 bits per heavy atom. The summed E-state index contributed by atoms with van der Waals surface area (Å²) >= 11 is 0. The Bertz CT molecular complexity index is 436. The van der Waals surface area contributed by atoms with E-state index in [9.17, 15) is 9.59 Å². The molecule has 3 aliphatic rings. The zero-order valence-electron chi connectivity index (χ0n) is 12.9. The maximum Gasteiger partial charge on any atom is 0.325 e. The second-order valence-corrected chi connectivity index (χ2v) is 6.81. The quantitative estimate of drug-likeness (QED) is 0.788. The maximum absolute atomic E-state index is 12.2. The summed E-state index contributed by atoms with van der Waals surface area (Å²) in [4.78, 5) is 27.9. The average Bonchev–Trinajstić information content (AvgIpc) is 2.65. The van der Waals surface area contributed by atoms with E-state index in [-0.39, 0.29) is 11.9 Å². The number of carbonyl (C=O) groups is 2. The third-order valence-electron chi connectivity index (χ3n) is 4.90. The molecule has 6 heteroatoms. The van der Waals surface area contributed by atoms with E-state index < -0.39 is 5.54 Å². The van der Waals surface area contributed by atoms with Gasteiger partial charge in [-0.25, -0.2) is 4.79 Å². The smallest absolute Gasteiger partial charge is 0.325 e. The molecule has 0 bridgehead atoms. The van der Waals surface area contributed by atoms with Crippen LogP contribution in [0.5, 0.6) is 0 Å². The van der Waals surface area contributed by atoms with Crippen molar-refractivity contribution in [2.45, 2.75) is 57.2 Å². The van der Waals surface area contributed by atoms with Crippen molar-refractivity contribution in [2.75, 3.05) is 26.2 Å². The topological polar surface area (TPSA) is 61.9 Å². The third-order valence-corrected chi connectivity index (χ3v) is 4.90. The summed E-state index contributed by atoms with van der Waals surface area (Å²) in [6.07, 6.45) is 5.13. The van der Waals surface area contributed by atoms with Gasteiger partial charge in [-0.1, -0.05) is 12.8 Å². The second-order valence-electron chi connectivity index (χ2n) is 6.81. The van der Waals surface area contributed by atoms with Crippen LogP contribution in [0.15, 0.2) is 0 Å². The molecule has 2 heterocycles. The molecule has 0 radical (unpaired) electrons. The van der Waals surface area contributed by atoms with Crippen molar-refractivity contribution in [1.29, 1.82) is 0 Å². The van der Waals surface area contributed by atoms with Gasteiger partial charge in [0.1, 0.15) is 5.54 Å². The number of nitrogens with one attached hydrogen (secondary N) is 1. The number of carbonyl (C=O) groups excluding carboxylic acids is 2. The highest BCUT2D eigenvalue weighted by molar-refractivity contribution is 6.06. The van der Waals surface area contributed by atoms with E-state index in [1.165, 1.54) is 17.7 Å². The number of hydrogen-bond acceptors (Lipinski definition) is 4. The van der Waals surface area contributed by atoms with E-state index >= 15 is 0 Å². The van der Waals surface area contributed by atoms with Gasteiger partial charge in [0.05, 0.1) is 12.7 Å². The van der Waals surface area contributed by atoms with E-state index in [4.69, 9.17) is 4.74 Å². The first-order chi connectivity index (χ1) is 9.99. The number of hydrogen-bond donors (Lipinski definition) is 1. The highest BCUT2D eigenvalue weighted by Crippen LogP contribution is 2.28. The maximum atomic E-state index is 12.2. The Morgan fingerprint density at radius 3 is 2.71 bits per heavy atom. The molecule has 2 aliphatic heterocycles. The molecule has 2 atom stereocenters. The third kappa shape index (κ3) is 2.79. The minimum absolute atomic E-state index is 0.124. The van der Waals surface area contributed by atoms with E-state index in [0.29, 0.717) is 18.7 Å². The van der Waals surface area contributed by atoms with Gasteiger partial charge in [-0.05, 0) is 26.7 Å². The highest BCUT2D eigenvalue weighted by atomic mass is 16.5. The van der Waals surface area contributed by atoms with Crippen molar-refractivity contribution >= 4 is 11.9 Å². The lowest BCUT2D eigenvalue weighted by atomic mass is 9.90. The van der Waals surface area contributed by atoms with Gasteiger partial charge in [0.25, 0.3) is 5.91 Å². The normalized spacial score (nSPS) is 33.0. The number of nitrogens with zero attached hydrogens (tertiary/aromatic N) is 2. The molecule has 0 unspecified atom stereocenters. The predicted octanol–water partition coefficient (Wildman–Crippen LogP) is 0.960. The number of rotatable bonds is 3. The van der Waals surface area contributed by atoms with Crippen LogP contribution in [0.4, 0.5) is 4.79 Å². The van der Waals surface area contributed by atoms with Gasteiger partial charge in [-0.3, -0.25) is 14.6 Å². The van der Waals surface area contributed by atoms with Crippen molar-refractivity contribution in [3.05, 3.63) is 0 Å². The minimum Gasteiger partial charge on any atom is -0.375 e. The van der Waals surface area contributed by atoms with Crippen LogP contribution in [0.3, 0.4) is 0 Å². The first-order valence-electron chi connectivity index (χ1n) is 7.99. The zero-order valence-corrected chi connectivity index (χ0v) is 12.9. The summed E-state index contributed by atoms with van der Waals surface area (Å²) in [5.41, 5.74) is -0.768. The van der Waals surface area contributed by atoms with Crippen molar-refractivity contribution in [1.82, 2.24) is 15.1 Å². The largest absolute Gasteiger partial charge is 0.375 e. The van der Waals surface area contributed by atoms with Crippen LogP contribution in [-0.2, 0) is 9.53 Å². The van der Waals surface area contributed by atoms with Crippen LogP contribution in [0.25, 0.3) is 0 Å². The summed E-state index contributed by atoms with van der Waals surface area (Å²) < 4.78 is 5.86. The molecule has 118 valence electrons. The number of imide groups is 1. The Morgan fingerprint density at radius 1 is 1.24 bits per heavy atom. The van der Waals surface area contributed by atoms with Crippen LogP contribution in [0, 0.1) is 0 Å². The Balaban J connectivity index is 1.59.